The van der Waals surface area contributed by atoms with Crippen LogP contribution >= 0.6 is 0 Å². The number of anilines is 1. The fourth-order valence-electron chi connectivity index (χ4n) is 4.41. The number of aliphatic hydroxyl groups excluding tert-OH is 1. The number of carbonyl (C=O) groups excluding carboxylic acids is 1. The highest BCUT2D eigenvalue weighted by molar-refractivity contribution is 7.92. The van der Waals surface area contributed by atoms with Gasteiger partial charge >= 0.3 is 6.18 Å². The summed E-state index contributed by atoms with van der Waals surface area (Å²) in [5, 5.41) is 9.76. The Morgan fingerprint density at radius 2 is 1.87 bits per heavy atom. The van der Waals surface area contributed by atoms with Crippen molar-refractivity contribution in [1.82, 2.24) is 9.80 Å². The lowest BCUT2D eigenvalue weighted by Gasteiger charge is -2.34. The van der Waals surface area contributed by atoms with Gasteiger partial charge in [-0.15, -0.1) is 0 Å². The van der Waals surface area contributed by atoms with E-state index in [4.69, 9.17) is 4.74 Å². The van der Waals surface area contributed by atoms with E-state index in [-0.39, 0.29) is 24.9 Å². The molecule has 0 fully saturated rings. The molecule has 8 nitrogen and oxygen atoms in total. The number of aliphatic hydroxyl groups is 1. The number of amides is 1. The zero-order valence-corrected chi connectivity index (χ0v) is 22.6. The van der Waals surface area contributed by atoms with E-state index in [9.17, 15) is 31.5 Å². The van der Waals surface area contributed by atoms with Crippen LogP contribution in [0.1, 0.15) is 30.5 Å². The molecule has 12 heteroatoms. The van der Waals surface area contributed by atoms with Crippen molar-refractivity contribution in [2.75, 3.05) is 37.7 Å². The molecule has 3 atom stereocenters. The molecule has 1 amide bonds. The second-order valence-electron chi connectivity index (χ2n) is 9.98. The standard InChI is InChI=1S/C26H34F3N3O5S/c1-17-13-32(18(2)16-33)25(34)12-20-11-22(30-38(4,35)36)9-10-23(20)37-24(17)15-31(3)14-19-5-7-21(8-6-19)26(27,28)29/h5-11,17-18,24,30,33H,12-16H2,1-4H3/t17-,18-,24+/m1/s1. The SMILES string of the molecule is C[C@@H]1CN([C@H](C)CO)C(=O)Cc2cc(NS(C)(=O)=O)ccc2O[C@H]1CN(C)Cc1ccc(C(F)(F)F)cc1. The Kier molecular flexibility index (Phi) is 9.32. The number of alkyl halides is 3. The van der Waals surface area contributed by atoms with Crippen LogP contribution in [0.2, 0.25) is 0 Å². The predicted molar refractivity (Wildman–Crippen MR) is 138 cm³/mol. The molecule has 0 bridgehead atoms. The third-order valence-corrected chi connectivity index (χ3v) is 7.05. The first-order valence-electron chi connectivity index (χ1n) is 12.2. The maximum atomic E-state index is 13.2. The molecule has 1 aliphatic rings. The van der Waals surface area contributed by atoms with Crippen LogP contribution in [0, 0.1) is 5.92 Å². The highest BCUT2D eigenvalue weighted by Crippen LogP contribution is 2.31. The molecule has 0 radical (unpaired) electrons. The number of hydrogen-bond acceptors (Lipinski definition) is 6. The summed E-state index contributed by atoms with van der Waals surface area (Å²) in [5.41, 5.74) is 0.802. The zero-order valence-electron chi connectivity index (χ0n) is 21.8. The number of carbonyl (C=O) groups is 1. The molecule has 0 saturated heterocycles. The first-order chi connectivity index (χ1) is 17.7. The second kappa shape index (κ2) is 11.9. The highest BCUT2D eigenvalue weighted by atomic mass is 32.2. The lowest BCUT2D eigenvalue weighted by atomic mass is 10.0. The molecule has 2 aromatic rings. The minimum Gasteiger partial charge on any atom is -0.488 e. The summed E-state index contributed by atoms with van der Waals surface area (Å²) >= 11 is 0. The molecule has 3 rings (SSSR count). The van der Waals surface area contributed by atoms with Gasteiger partial charge in [0.05, 0.1) is 30.9 Å². The fourth-order valence-corrected chi connectivity index (χ4v) is 4.96. The predicted octanol–water partition coefficient (Wildman–Crippen LogP) is 3.36. The number of likely N-dealkylation sites (N-methyl/N-ethyl adjacent to an activating group) is 1. The summed E-state index contributed by atoms with van der Waals surface area (Å²) in [6, 6.07) is 9.31. The van der Waals surface area contributed by atoms with Gasteiger partial charge in [-0.2, -0.15) is 13.2 Å². The summed E-state index contributed by atoms with van der Waals surface area (Å²) in [6.07, 6.45) is -3.82. The third kappa shape index (κ3) is 8.08. The summed E-state index contributed by atoms with van der Waals surface area (Å²) in [5.74, 6) is 0.0528. The Hall–Kier alpha value is -2.83. The average molecular weight is 558 g/mol. The van der Waals surface area contributed by atoms with Gasteiger partial charge in [0.25, 0.3) is 0 Å². The smallest absolute Gasteiger partial charge is 0.416 e. The first kappa shape index (κ1) is 29.7. The number of fused-ring (bicyclic) bond motifs is 1. The zero-order chi connectivity index (χ0) is 28.3. The van der Waals surface area contributed by atoms with Gasteiger partial charge in [0.2, 0.25) is 15.9 Å². The normalized spacial score (nSPS) is 19.7. The van der Waals surface area contributed by atoms with Crippen molar-refractivity contribution >= 4 is 21.6 Å². The monoisotopic (exact) mass is 557 g/mol. The molecule has 1 heterocycles. The number of nitrogens with one attached hydrogen (secondary N) is 1. The minimum atomic E-state index is -4.40. The van der Waals surface area contributed by atoms with E-state index in [1.165, 1.54) is 12.1 Å². The lowest BCUT2D eigenvalue weighted by molar-refractivity contribution is -0.137. The van der Waals surface area contributed by atoms with Crippen LogP contribution in [0.4, 0.5) is 18.9 Å². The van der Waals surface area contributed by atoms with Gasteiger partial charge in [-0.1, -0.05) is 19.1 Å². The maximum Gasteiger partial charge on any atom is 0.416 e. The molecular formula is C26H34F3N3O5S. The van der Waals surface area contributed by atoms with Gasteiger partial charge < -0.3 is 14.7 Å². The lowest BCUT2D eigenvalue weighted by Crippen LogP contribution is -2.47. The third-order valence-electron chi connectivity index (χ3n) is 6.45. The van der Waals surface area contributed by atoms with Crippen molar-refractivity contribution in [2.24, 2.45) is 5.92 Å². The average Bonchev–Trinajstić information content (AvgIpc) is 2.85. The quantitative estimate of drug-likeness (QED) is 0.517. The maximum absolute atomic E-state index is 13.2. The Morgan fingerprint density at radius 3 is 2.45 bits per heavy atom. The molecule has 210 valence electrons. The summed E-state index contributed by atoms with van der Waals surface area (Å²) in [4.78, 5) is 16.8. The van der Waals surface area contributed by atoms with E-state index in [1.807, 2.05) is 18.9 Å². The Bertz CT molecular complexity index is 1220. The number of rotatable bonds is 8. The van der Waals surface area contributed by atoms with Crippen LogP contribution < -0.4 is 9.46 Å². The van der Waals surface area contributed by atoms with E-state index >= 15 is 0 Å². The molecule has 1 aliphatic heterocycles. The van der Waals surface area contributed by atoms with E-state index in [1.54, 1.807) is 30.0 Å². The summed E-state index contributed by atoms with van der Waals surface area (Å²) in [7, 11) is -1.70. The number of halogens is 3. The largest absolute Gasteiger partial charge is 0.488 e. The van der Waals surface area contributed by atoms with Crippen molar-refractivity contribution in [1.29, 1.82) is 0 Å². The second-order valence-corrected chi connectivity index (χ2v) is 11.7. The van der Waals surface area contributed by atoms with Crippen LogP contribution in [0.3, 0.4) is 0 Å². The molecule has 2 aromatic carbocycles. The molecule has 0 aliphatic carbocycles. The fraction of sp³-hybridized carbons (Fsp3) is 0.500. The van der Waals surface area contributed by atoms with E-state index < -0.39 is 33.9 Å². The van der Waals surface area contributed by atoms with Gasteiger partial charge in [0.15, 0.2) is 0 Å². The number of sulfonamides is 1. The Labute approximate surface area is 221 Å². The van der Waals surface area contributed by atoms with E-state index in [2.05, 4.69) is 4.72 Å². The van der Waals surface area contributed by atoms with Gasteiger partial charge in [-0.25, -0.2) is 8.42 Å². The Balaban J connectivity index is 1.87. The molecule has 0 unspecified atom stereocenters. The van der Waals surface area contributed by atoms with Crippen molar-refractivity contribution in [3.8, 4) is 5.75 Å². The number of benzene rings is 2. The van der Waals surface area contributed by atoms with Crippen molar-refractivity contribution in [2.45, 2.75) is 45.1 Å². The summed E-state index contributed by atoms with van der Waals surface area (Å²) < 4.78 is 70.9. The molecule has 0 saturated carbocycles. The van der Waals surface area contributed by atoms with Crippen LogP contribution in [0.15, 0.2) is 42.5 Å². The minimum absolute atomic E-state index is 0.0419. The van der Waals surface area contributed by atoms with Gasteiger partial charge in [-0.3, -0.25) is 14.4 Å². The Morgan fingerprint density at radius 1 is 1.21 bits per heavy atom. The van der Waals surface area contributed by atoms with Gasteiger partial charge in [-0.05, 0) is 49.9 Å². The van der Waals surface area contributed by atoms with Crippen LogP contribution in [0.25, 0.3) is 0 Å². The van der Waals surface area contributed by atoms with E-state index in [0.717, 1.165) is 18.4 Å². The van der Waals surface area contributed by atoms with Gasteiger partial charge in [0.1, 0.15) is 11.9 Å². The van der Waals surface area contributed by atoms with E-state index in [0.29, 0.717) is 42.2 Å². The van der Waals surface area contributed by atoms with Gasteiger partial charge in [0, 0.05) is 36.8 Å². The molecular weight excluding hydrogens is 523 g/mol. The summed E-state index contributed by atoms with van der Waals surface area (Å²) in [6.45, 7) is 4.57. The molecule has 0 spiro atoms. The first-order valence-corrected chi connectivity index (χ1v) is 14.1. The number of ether oxygens (including phenoxy) is 1. The van der Waals surface area contributed by atoms with Crippen molar-refractivity contribution in [3.63, 3.8) is 0 Å². The van der Waals surface area contributed by atoms with Crippen molar-refractivity contribution in [3.05, 3.63) is 59.2 Å². The topological polar surface area (TPSA) is 99.2 Å². The van der Waals surface area contributed by atoms with Crippen molar-refractivity contribution < 1.29 is 36.2 Å². The molecule has 38 heavy (non-hydrogen) atoms. The van der Waals surface area contributed by atoms with Crippen LogP contribution in [-0.4, -0.2) is 74.4 Å². The van der Waals surface area contributed by atoms with Crippen LogP contribution in [-0.2, 0) is 34.0 Å². The van der Waals surface area contributed by atoms with Crippen LogP contribution in [0.5, 0.6) is 5.75 Å². The molecule has 0 aromatic heterocycles. The highest BCUT2D eigenvalue weighted by Gasteiger charge is 2.32. The molecule has 2 N–H and O–H groups in total. The number of nitrogens with zero attached hydrogens (tertiary/aromatic N) is 2. The number of hydrogen-bond donors (Lipinski definition) is 2.